The fourth-order valence-electron chi connectivity index (χ4n) is 4.37. The number of ether oxygens (including phenoxy) is 1. The van der Waals surface area contributed by atoms with E-state index in [9.17, 15) is 0 Å². The molecule has 2 nitrogen and oxygen atoms in total. The van der Waals surface area contributed by atoms with Crippen molar-refractivity contribution in [2.45, 2.75) is 50.9 Å². The highest BCUT2D eigenvalue weighted by Gasteiger charge is 2.44. The molecule has 1 heterocycles. The quantitative estimate of drug-likeness (QED) is 0.903. The van der Waals surface area contributed by atoms with Crippen molar-refractivity contribution in [3.63, 3.8) is 0 Å². The minimum Gasteiger partial charge on any atom is -0.497 e. The fraction of sp³-hybridized carbons (Fsp3) is 0.667. The molecule has 0 saturated carbocycles. The van der Waals surface area contributed by atoms with Crippen molar-refractivity contribution in [3.05, 3.63) is 29.3 Å². The number of aryl methyl sites for hydroxylation is 1. The summed E-state index contributed by atoms with van der Waals surface area (Å²) in [5, 5.41) is 3.61. The Morgan fingerprint density at radius 2 is 2.30 bits per heavy atom. The van der Waals surface area contributed by atoms with Crippen LogP contribution in [0.1, 0.15) is 50.2 Å². The summed E-state index contributed by atoms with van der Waals surface area (Å²) in [7, 11) is 1.78. The Kier molecular flexibility index (Phi) is 4.02. The third-order valence-electron chi connectivity index (χ3n) is 5.51. The van der Waals surface area contributed by atoms with Gasteiger partial charge in [-0.15, -0.1) is 0 Å². The van der Waals surface area contributed by atoms with Crippen LogP contribution >= 0.6 is 0 Å². The Balaban J connectivity index is 2.04. The van der Waals surface area contributed by atoms with Gasteiger partial charge in [0.1, 0.15) is 5.75 Å². The smallest absolute Gasteiger partial charge is 0.119 e. The van der Waals surface area contributed by atoms with Crippen molar-refractivity contribution in [1.82, 2.24) is 5.32 Å². The van der Waals surface area contributed by atoms with E-state index < -0.39 is 0 Å². The van der Waals surface area contributed by atoms with Crippen LogP contribution in [0.3, 0.4) is 0 Å². The lowest BCUT2D eigenvalue weighted by atomic mass is 9.58. The Morgan fingerprint density at radius 3 is 3.10 bits per heavy atom. The molecule has 110 valence electrons. The van der Waals surface area contributed by atoms with Gasteiger partial charge in [0.2, 0.25) is 0 Å². The van der Waals surface area contributed by atoms with Gasteiger partial charge in [-0.25, -0.2) is 0 Å². The van der Waals surface area contributed by atoms with E-state index in [1.54, 1.807) is 18.2 Å². The molecule has 1 aliphatic carbocycles. The van der Waals surface area contributed by atoms with Gasteiger partial charge in [0, 0.05) is 5.41 Å². The molecule has 2 unspecified atom stereocenters. The molecular weight excluding hydrogens is 246 g/mol. The van der Waals surface area contributed by atoms with E-state index in [2.05, 4.69) is 30.4 Å². The summed E-state index contributed by atoms with van der Waals surface area (Å²) < 4.78 is 5.49. The van der Waals surface area contributed by atoms with Crippen molar-refractivity contribution >= 4 is 0 Å². The highest BCUT2D eigenvalue weighted by molar-refractivity contribution is 5.43. The van der Waals surface area contributed by atoms with Gasteiger partial charge < -0.3 is 10.1 Å². The van der Waals surface area contributed by atoms with Gasteiger partial charge in [-0.05, 0) is 68.0 Å². The summed E-state index contributed by atoms with van der Waals surface area (Å²) in [6.07, 6.45) is 7.85. The number of piperidine rings is 1. The van der Waals surface area contributed by atoms with Gasteiger partial charge in [-0.1, -0.05) is 25.8 Å². The van der Waals surface area contributed by atoms with Crippen LogP contribution in [0.2, 0.25) is 0 Å². The molecule has 0 spiro atoms. The number of fused-ring (bicyclic) bond motifs is 3. The molecule has 1 saturated heterocycles. The minimum absolute atomic E-state index is 0.406. The largest absolute Gasteiger partial charge is 0.497 e. The third-order valence-corrected chi connectivity index (χ3v) is 5.51. The third kappa shape index (κ3) is 2.24. The molecule has 1 aromatic carbocycles. The Labute approximate surface area is 122 Å². The molecule has 20 heavy (non-hydrogen) atoms. The van der Waals surface area contributed by atoms with Crippen LogP contribution < -0.4 is 10.1 Å². The van der Waals surface area contributed by atoms with Gasteiger partial charge in [0.05, 0.1) is 7.11 Å². The summed E-state index contributed by atoms with van der Waals surface area (Å²) in [6.45, 7) is 4.67. The Morgan fingerprint density at radius 1 is 1.40 bits per heavy atom. The molecule has 0 aromatic heterocycles. The number of unbranched alkanes of at least 4 members (excludes halogenated alkanes) is 1. The van der Waals surface area contributed by atoms with Crippen LogP contribution in [-0.2, 0) is 11.8 Å². The molecule has 0 bridgehead atoms. The average molecular weight is 273 g/mol. The number of benzene rings is 1. The first-order valence-corrected chi connectivity index (χ1v) is 8.18. The zero-order valence-corrected chi connectivity index (χ0v) is 12.9. The lowest BCUT2D eigenvalue weighted by Crippen LogP contribution is -2.50. The number of methoxy groups -OCH3 is 1. The zero-order valence-electron chi connectivity index (χ0n) is 12.9. The maximum absolute atomic E-state index is 5.49. The van der Waals surface area contributed by atoms with Crippen LogP contribution in [0.4, 0.5) is 0 Å². The summed E-state index contributed by atoms with van der Waals surface area (Å²) in [5.41, 5.74) is 3.58. The highest BCUT2D eigenvalue weighted by atomic mass is 16.5. The minimum atomic E-state index is 0.406. The molecule has 2 heteroatoms. The fourth-order valence-corrected chi connectivity index (χ4v) is 4.37. The van der Waals surface area contributed by atoms with E-state index in [1.807, 2.05) is 0 Å². The molecule has 1 aromatic rings. The Bertz CT molecular complexity index is 470. The first kappa shape index (κ1) is 13.9. The predicted molar refractivity (Wildman–Crippen MR) is 83.5 cm³/mol. The molecule has 0 radical (unpaired) electrons. The van der Waals surface area contributed by atoms with E-state index >= 15 is 0 Å². The van der Waals surface area contributed by atoms with Crippen molar-refractivity contribution in [3.8, 4) is 5.75 Å². The van der Waals surface area contributed by atoms with Gasteiger partial charge in [-0.3, -0.25) is 0 Å². The number of hydrogen-bond acceptors (Lipinski definition) is 2. The SMILES string of the molecule is CCCCC12CCNCC1CCc1ccc(OC)cc12. The highest BCUT2D eigenvalue weighted by Crippen LogP contribution is 2.49. The van der Waals surface area contributed by atoms with Gasteiger partial charge in [-0.2, -0.15) is 0 Å². The van der Waals surface area contributed by atoms with Crippen LogP contribution in [0.25, 0.3) is 0 Å². The van der Waals surface area contributed by atoms with Crippen molar-refractivity contribution < 1.29 is 4.74 Å². The summed E-state index contributed by atoms with van der Waals surface area (Å²) in [5.74, 6) is 1.83. The lowest BCUT2D eigenvalue weighted by molar-refractivity contribution is 0.158. The zero-order chi connectivity index (χ0) is 14.0. The number of rotatable bonds is 4. The second-order valence-electron chi connectivity index (χ2n) is 6.47. The lowest BCUT2D eigenvalue weighted by Gasteiger charge is -2.49. The predicted octanol–water partition coefficient (Wildman–Crippen LogP) is 3.68. The standard InChI is InChI=1S/C18H27NO/c1-3-4-9-18-10-11-19-13-15(18)7-5-14-6-8-16(20-2)12-17(14)18/h6,8,12,15,19H,3-5,7,9-11,13H2,1-2H3. The molecule has 2 atom stereocenters. The maximum atomic E-state index is 5.49. The maximum Gasteiger partial charge on any atom is 0.119 e. The first-order chi connectivity index (χ1) is 9.80. The second kappa shape index (κ2) is 5.77. The first-order valence-electron chi connectivity index (χ1n) is 8.18. The Hall–Kier alpha value is -1.02. The number of nitrogens with one attached hydrogen (secondary N) is 1. The summed E-state index contributed by atoms with van der Waals surface area (Å²) in [4.78, 5) is 0. The molecule has 3 rings (SSSR count). The number of hydrogen-bond donors (Lipinski definition) is 1. The van der Waals surface area contributed by atoms with E-state index in [0.717, 1.165) is 18.2 Å². The molecular formula is C18H27NO. The van der Waals surface area contributed by atoms with Crippen LogP contribution in [0.5, 0.6) is 5.75 Å². The van der Waals surface area contributed by atoms with Gasteiger partial charge in [0.25, 0.3) is 0 Å². The monoisotopic (exact) mass is 273 g/mol. The van der Waals surface area contributed by atoms with Crippen molar-refractivity contribution in [2.24, 2.45) is 5.92 Å². The second-order valence-corrected chi connectivity index (χ2v) is 6.47. The van der Waals surface area contributed by atoms with Crippen molar-refractivity contribution in [1.29, 1.82) is 0 Å². The van der Waals surface area contributed by atoms with Crippen LogP contribution in [0, 0.1) is 5.92 Å². The molecule has 1 aliphatic heterocycles. The van der Waals surface area contributed by atoms with E-state index in [4.69, 9.17) is 4.74 Å². The summed E-state index contributed by atoms with van der Waals surface area (Å²) in [6, 6.07) is 6.77. The average Bonchev–Trinajstić information content (AvgIpc) is 2.52. The summed E-state index contributed by atoms with van der Waals surface area (Å²) >= 11 is 0. The van der Waals surface area contributed by atoms with Gasteiger partial charge in [0.15, 0.2) is 0 Å². The molecule has 1 fully saturated rings. The molecule has 1 N–H and O–H groups in total. The van der Waals surface area contributed by atoms with Crippen LogP contribution in [-0.4, -0.2) is 20.2 Å². The van der Waals surface area contributed by atoms with Gasteiger partial charge >= 0.3 is 0 Å². The molecule has 0 amide bonds. The van der Waals surface area contributed by atoms with E-state index in [-0.39, 0.29) is 0 Å². The van der Waals surface area contributed by atoms with Crippen molar-refractivity contribution in [2.75, 3.05) is 20.2 Å². The van der Waals surface area contributed by atoms with E-state index in [0.29, 0.717) is 5.41 Å². The molecule has 2 aliphatic rings. The topological polar surface area (TPSA) is 21.3 Å². The normalized spacial score (nSPS) is 28.6. The van der Waals surface area contributed by atoms with Crippen LogP contribution in [0.15, 0.2) is 18.2 Å². The van der Waals surface area contributed by atoms with E-state index in [1.165, 1.54) is 45.1 Å².